The highest BCUT2D eigenvalue weighted by Crippen LogP contribution is 2.34. The largest absolute Gasteiger partial charge is 0.491 e. The number of ether oxygens (including phenoxy) is 4. The molecule has 0 saturated heterocycles. The van der Waals surface area contributed by atoms with Gasteiger partial charge in [-0.15, -0.1) is 10.2 Å². The van der Waals surface area contributed by atoms with E-state index < -0.39 is 13.2 Å². The summed E-state index contributed by atoms with van der Waals surface area (Å²) in [5, 5.41) is 33.2. The van der Waals surface area contributed by atoms with Crippen molar-refractivity contribution < 1.29 is 38.6 Å². The van der Waals surface area contributed by atoms with Gasteiger partial charge in [-0.1, -0.05) is 35.9 Å². The first kappa shape index (κ1) is 38.6. The minimum atomic E-state index is -1.57. The molecule has 0 radical (unpaired) electrons. The summed E-state index contributed by atoms with van der Waals surface area (Å²) in [5.41, 5.74) is 3.88. The third kappa shape index (κ3) is 10.5. The van der Waals surface area contributed by atoms with Gasteiger partial charge in [0.25, 0.3) is 5.91 Å². The van der Waals surface area contributed by atoms with Gasteiger partial charge in [-0.3, -0.25) is 19.1 Å². The molecule has 52 heavy (non-hydrogen) atoms. The van der Waals surface area contributed by atoms with Gasteiger partial charge in [-0.2, -0.15) is 0 Å². The number of rotatable bonds is 19. The predicted octanol–water partition coefficient (Wildman–Crippen LogP) is 2.19. The fourth-order valence-corrected chi connectivity index (χ4v) is 5.62. The van der Waals surface area contributed by atoms with Crippen molar-refractivity contribution in [1.82, 2.24) is 25.4 Å². The number of nitrogens with zero attached hydrogens (tertiary/aromatic N) is 4. The van der Waals surface area contributed by atoms with Crippen LogP contribution in [0.4, 0.5) is 0 Å². The normalized spacial score (nSPS) is 13.4. The molecule has 0 fully saturated rings. The van der Waals surface area contributed by atoms with E-state index in [1.54, 1.807) is 0 Å². The van der Waals surface area contributed by atoms with Crippen molar-refractivity contribution >= 4 is 41.7 Å². The van der Waals surface area contributed by atoms with E-state index >= 15 is 0 Å². The number of aryl methyl sites for hydroxylation is 1. The highest BCUT2D eigenvalue weighted by Gasteiger charge is 2.30. The zero-order chi connectivity index (χ0) is 36.9. The maximum Gasteiger partial charge on any atom is 0.488 e. The van der Waals surface area contributed by atoms with Gasteiger partial charge in [0.05, 0.1) is 57.5 Å². The fourth-order valence-electron chi connectivity index (χ4n) is 5.49. The summed E-state index contributed by atoms with van der Waals surface area (Å²) in [6.45, 7) is 7.08. The minimum absolute atomic E-state index is 0.117. The van der Waals surface area contributed by atoms with Crippen LogP contribution in [-0.4, -0.2) is 109 Å². The molecule has 1 unspecified atom stereocenters. The molecule has 0 aliphatic carbocycles. The second-order valence-electron chi connectivity index (χ2n) is 11.7. The van der Waals surface area contributed by atoms with Gasteiger partial charge < -0.3 is 39.6 Å². The van der Waals surface area contributed by atoms with Gasteiger partial charge in [-0.25, -0.2) is 0 Å². The van der Waals surface area contributed by atoms with E-state index in [1.165, 1.54) is 24.3 Å². The average molecular weight is 733 g/mol. The number of amides is 2. The van der Waals surface area contributed by atoms with Crippen LogP contribution in [0.25, 0.3) is 5.69 Å². The van der Waals surface area contributed by atoms with Crippen molar-refractivity contribution in [3.8, 4) is 11.4 Å². The lowest BCUT2D eigenvalue weighted by Crippen LogP contribution is -2.31. The summed E-state index contributed by atoms with van der Waals surface area (Å²) in [6.07, 6.45) is 0.117. The summed E-state index contributed by atoms with van der Waals surface area (Å²) in [6, 6.07) is 18.6. The molecule has 0 bridgehead atoms. The molecule has 2 amide bonds. The van der Waals surface area contributed by atoms with Crippen molar-refractivity contribution in [2.45, 2.75) is 26.3 Å². The van der Waals surface area contributed by atoms with Crippen molar-refractivity contribution in [2.75, 3.05) is 59.3 Å². The van der Waals surface area contributed by atoms with Gasteiger partial charge in [0.1, 0.15) is 24.2 Å². The second kappa shape index (κ2) is 19.3. The van der Waals surface area contributed by atoms with Crippen molar-refractivity contribution in [2.24, 2.45) is 4.99 Å². The second-order valence-corrected chi connectivity index (χ2v) is 12.2. The lowest BCUT2D eigenvalue weighted by Gasteiger charge is -2.15. The number of aromatic nitrogens is 3. The molecular formula is C36H42BClN6O8. The van der Waals surface area contributed by atoms with E-state index in [0.29, 0.717) is 98.5 Å². The minimum Gasteiger partial charge on any atom is -0.491 e. The van der Waals surface area contributed by atoms with E-state index in [9.17, 15) is 9.59 Å². The molecule has 1 aliphatic rings. The first-order valence-corrected chi connectivity index (χ1v) is 17.4. The number of aliphatic imine (C=N–C) groups is 1. The number of halogens is 1. The zero-order valence-corrected chi connectivity index (χ0v) is 29.8. The highest BCUT2D eigenvalue weighted by atomic mass is 35.5. The standard InChI is InChI=1S/C36H42BClN6O8/c1-3-39-33(45)23-31-35-43-42-24(2)44(35)32-13-12-29(22-30(32)34(41-31)25-6-10-28(38)11-7-25)52-21-20-51-19-18-50-17-16-49-15-14-40-36(46)26-4-8-27(9-5-26)37(47)48/h4-13,22,31,47-48H,3,14-21,23H2,1-2H3,(H,39,45)(H,40,46). The number of hydrogen-bond acceptors (Lipinski definition) is 11. The molecule has 1 aliphatic heterocycles. The van der Waals surface area contributed by atoms with Gasteiger partial charge in [0.2, 0.25) is 5.91 Å². The van der Waals surface area contributed by atoms with Crippen LogP contribution < -0.4 is 20.8 Å². The van der Waals surface area contributed by atoms with E-state index in [1.807, 2.05) is 60.9 Å². The van der Waals surface area contributed by atoms with Gasteiger partial charge in [0.15, 0.2) is 5.82 Å². The molecule has 5 rings (SSSR count). The van der Waals surface area contributed by atoms with E-state index in [2.05, 4.69) is 20.8 Å². The molecule has 4 N–H and O–H groups in total. The lowest BCUT2D eigenvalue weighted by atomic mass is 9.80. The Hall–Kier alpha value is -4.64. The summed E-state index contributed by atoms with van der Waals surface area (Å²) in [4.78, 5) is 30.0. The van der Waals surface area contributed by atoms with Crippen molar-refractivity contribution in [3.63, 3.8) is 0 Å². The molecule has 2 heterocycles. The van der Waals surface area contributed by atoms with Crippen LogP contribution in [0.5, 0.6) is 5.75 Å². The van der Waals surface area contributed by atoms with Crippen molar-refractivity contribution in [1.29, 1.82) is 0 Å². The Bertz CT molecular complexity index is 1820. The summed E-state index contributed by atoms with van der Waals surface area (Å²) < 4.78 is 24.8. The van der Waals surface area contributed by atoms with Crippen LogP contribution >= 0.6 is 11.6 Å². The predicted molar refractivity (Wildman–Crippen MR) is 196 cm³/mol. The molecular weight excluding hydrogens is 691 g/mol. The van der Waals surface area contributed by atoms with Crippen LogP contribution in [0.15, 0.2) is 71.7 Å². The number of carbonyl (C=O) groups excluding carboxylic acids is 2. The Balaban J connectivity index is 1.06. The van der Waals surface area contributed by atoms with Crippen LogP contribution in [0.2, 0.25) is 5.02 Å². The summed E-state index contributed by atoms with van der Waals surface area (Å²) in [7, 11) is -1.57. The Morgan fingerprint density at radius 2 is 1.54 bits per heavy atom. The third-order valence-electron chi connectivity index (χ3n) is 8.01. The number of carbonyl (C=O) groups is 2. The number of nitrogens with one attached hydrogen (secondary N) is 2. The van der Waals surface area contributed by atoms with Crippen molar-refractivity contribution in [3.05, 3.63) is 100 Å². The maximum atomic E-state index is 12.7. The molecule has 0 saturated carbocycles. The zero-order valence-electron chi connectivity index (χ0n) is 29.1. The Morgan fingerprint density at radius 1 is 0.865 bits per heavy atom. The first-order chi connectivity index (χ1) is 25.2. The molecule has 1 aromatic heterocycles. The number of fused-ring (bicyclic) bond motifs is 3. The molecule has 14 nitrogen and oxygen atoms in total. The van der Waals surface area contributed by atoms with Gasteiger partial charge in [-0.05, 0) is 61.8 Å². The SMILES string of the molecule is CCNC(=O)CC1N=C(c2ccc(Cl)cc2)c2cc(OCCOCCOCCOCCNC(=O)c3ccc(B(O)O)cc3)ccc2-n2c(C)nnc21. The maximum absolute atomic E-state index is 12.7. The average Bonchev–Trinajstić information content (AvgIpc) is 3.46. The molecule has 3 aromatic carbocycles. The first-order valence-electron chi connectivity index (χ1n) is 17.0. The molecule has 1 atom stereocenters. The monoisotopic (exact) mass is 732 g/mol. The summed E-state index contributed by atoms with van der Waals surface area (Å²) in [5.74, 6) is 1.48. The van der Waals surface area contributed by atoms with Crippen LogP contribution in [0, 0.1) is 6.92 Å². The fraction of sp³-hybridized carbons (Fsp3) is 0.361. The highest BCUT2D eigenvalue weighted by molar-refractivity contribution is 6.58. The summed E-state index contributed by atoms with van der Waals surface area (Å²) >= 11 is 6.21. The topological polar surface area (TPSA) is 179 Å². The molecule has 0 spiro atoms. The smallest absolute Gasteiger partial charge is 0.488 e. The Labute approximate surface area is 307 Å². The quantitative estimate of drug-likeness (QED) is 0.0826. The van der Waals surface area contributed by atoms with Gasteiger partial charge >= 0.3 is 7.12 Å². The Kier molecular flexibility index (Phi) is 14.3. The van der Waals surface area contributed by atoms with Crippen LogP contribution in [-0.2, 0) is 19.0 Å². The van der Waals surface area contributed by atoms with Gasteiger partial charge in [0, 0.05) is 34.8 Å². The molecule has 4 aromatic rings. The van der Waals surface area contributed by atoms with Crippen LogP contribution in [0.1, 0.15) is 52.5 Å². The van der Waals surface area contributed by atoms with Crippen LogP contribution in [0.3, 0.4) is 0 Å². The third-order valence-corrected chi connectivity index (χ3v) is 8.26. The Morgan fingerprint density at radius 3 is 2.21 bits per heavy atom. The molecule has 274 valence electrons. The van der Waals surface area contributed by atoms with E-state index in [4.69, 9.17) is 45.6 Å². The van der Waals surface area contributed by atoms with E-state index in [0.717, 1.165) is 16.8 Å². The number of benzene rings is 3. The number of hydrogen-bond donors (Lipinski definition) is 4. The molecule has 16 heteroatoms. The lowest BCUT2D eigenvalue weighted by molar-refractivity contribution is -0.121. The van der Waals surface area contributed by atoms with E-state index in [-0.39, 0.29) is 18.2 Å².